The number of oxazole rings is 1. The summed E-state index contributed by atoms with van der Waals surface area (Å²) >= 11 is 0. The van der Waals surface area contributed by atoms with Crippen LogP contribution in [0.3, 0.4) is 0 Å². The molecule has 31 heavy (non-hydrogen) atoms. The molecule has 0 bridgehead atoms. The van der Waals surface area contributed by atoms with Gasteiger partial charge in [0.1, 0.15) is 23.7 Å². The molecule has 1 aliphatic heterocycles. The Hall–Kier alpha value is -3.75. The number of hydrogen-bond acceptors (Lipinski definition) is 4. The van der Waals surface area contributed by atoms with Crippen LogP contribution in [0.2, 0.25) is 0 Å². The minimum atomic E-state index is -0.786. The van der Waals surface area contributed by atoms with Gasteiger partial charge in [0.05, 0.1) is 12.2 Å². The van der Waals surface area contributed by atoms with Crippen molar-refractivity contribution in [1.82, 2.24) is 19.0 Å². The molecule has 2 aromatic heterocycles. The third kappa shape index (κ3) is 3.41. The predicted molar refractivity (Wildman–Crippen MR) is 108 cm³/mol. The van der Waals surface area contributed by atoms with Crippen LogP contribution in [-0.2, 0) is 24.4 Å². The number of carbonyl (C=O) groups excluding carboxylic acids is 1. The van der Waals surface area contributed by atoms with Crippen LogP contribution in [0.1, 0.15) is 12.2 Å². The monoisotopic (exact) mass is 424 g/mol. The van der Waals surface area contributed by atoms with Crippen molar-refractivity contribution < 1.29 is 18.0 Å². The average Bonchev–Trinajstić information content (AvgIpc) is 3.22. The van der Waals surface area contributed by atoms with Crippen LogP contribution >= 0.6 is 0 Å². The number of benzene rings is 2. The number of fused-ring (bicyclic) bond motifs is 2. The molecule has 0 N–H and O–H groups in total. The average molecular weight is 424 g/mol. The molecule has 0 fully saturated rings. The number of aromatic nitrogens is 3. The summed E-state index contributed by atoms with van der Waals surface area (Å²) in [6.45, 7) is 0.960. The number of rotatable bonds is 3. The van der Waals surface area contributed by atoms with E-state index in [0.717, 1.165) is 4.57 Å². The van der Waals surface area contributed by atoms with Crippen LogP contribution in [0, 0.1) is 11.6 Å². The first-order chi connectivity index (χ1) is 15.0. The van der Waals surface area contributed by atoms with Gasteiger partial charge in [-0.3, -0.25) is 9.36 Å². The minimum Gasteiger partial charge on any atom is -0.408 e. The van der Waals surface area contributed by atoms with Crippen molar-refractivity contribution in [3.63, 3.8) is 0 Å². The molecule has 2 aromatic carbocycles. The summed E-state index contributed by atoms with van der Waals surface area (Å²) in [4.78, 5) is 31.3. The van der Waals surface area contributed by atoms with E-state index in [2.05, 4.69) is 4.98 Å². The Morgan fingerprint density at radius 1 is 1.06 bits per heavy atom. The summed E-state index contributed by atoms with van der Waals surface area (Å²) in [5.41, 5.74) is 0.965. The molecular formula is C22H18F2N4O3. The Balaban J connectivity index is 1.42. The number of aryl methyl sites for hydroxylation is 1. The van der Waals surface area contributed by atoms with Gasteiger partial charge in [0.25, 0.3) is 0 Å². The summed E-state index contributed by atoms with van der Waals surface area (Å²) in [7, 11) is 0. The highest BCUT2D eigenvalue weighted by Gasteiger charge is 2.24. The number of para-hydroxylation sites is 1. The van der Waals surface area contributed by atoms with Crippen LogP contribution in [0.5, 0.6) is 0 Å². The number of nitrogens with zero attached hydrogens (tertiary/aromatic N) is 4. The molecule has 1 aliphatic rings. The lowest BCUT2D eigenvalue weighted by Gasteiger charge is -2.19. The summed E-state index contributed by atoms with van der Waals surface area (Å²) in [5.74, 6) is -1.50. The molecule has 1 amide bonds. The molecule has 0 unspecified atom stereocenters. The fourth-order valence-corrected chi connectivity index (χ4v) is 3.93. The zero-order valence-corrected chi connectivity index (χ0v) is 16.4. The molecule has 0 saturated carbocycles. The Labute approximate surface area is 175 Å². The van der Waals surface area contributed by atoms with Crippen molar-refractivity contribution in [1.29, 1.82) is 0 Å². The van der Waals surface area contributed by atoms with Gasteiger partial charge < -0.3 is 13.9 Å². The normalized spacial score (nSPS) is 13.9. The lowest BCUT2D eigenvalue weighted by Crippen LogP contribution is -2.35. The first-order valence-electron chi connectivity index (χ1n) is 9.88. The van der Waals surface area contributed by atoms with E-state index in [1.165, 1.54) is 24.3 Å². The van der Waals surface area contributed by atoms with Crippen LogP contribution in [0.4, 0.5) is 8.78 Å². The Bertz CT molecular complexity index is 1350. The molecular weight excluding hydrogens is 406 g/mol. The molecule has 9 heteroatoms. The molecule has 0 atom stereocenters. The van der Waals surface area contributed by atoms with E-state index < -0.39 is 11.6 Å². The van der Waals surface area contributed by atoms with Gasteiger partial charge in [-0.1, -0.05) is 18.2 Å². The smallest absolute Gasteiger partial charge is 0.408 e. The van der Waals surface area contributed by atoms with Gasteiger partial charge in [-0.05, 0) is 30.7 Å². The third-order valence-electron chi connectivity index (χ3n) is 5.45. The van der Waals surface area contributed by atoms with Crippen molar-refractivity contribution in [2.24, 2.45) is 0 Å². The fourth-order valence-electron chi connectivity index (χ4n) is 3.93. The largest absolute Gasteiger partial charge is 0.420 e. The number of imidazole rings is 1. The summed E-state index contributed by atoms with van der Waals surface area (Å²) in [5, 5.41) is 0. The van der Waals surface area contributed by atoms with E-state index in [-0.39, 0.29) is 35.9 Å². The summed E-state index contributed by atoms with van der Waals surface area (Å²) in [6, 6.07) is 10.5. The molecule has 0 radical (unpaired) electrons. The van der Waals surface area contributed by atoms with Crippen LogP contribution in [-0.4, -0.2) is 31.5 Å². The summed E-state index contributed by atoms with van der Waals surface area (Å²) in [6.07, 6.45) is 2.45. The number of amides is 1. The van der Waals surface area contributed by atoms with E-state index in [1.807, 2.05) is 4.57 Å². The molecule has 7 nitrogen and oxygen atoms in total. The maximum Gasteiger partial charge on any atom is 0.420 e. The minimum absolute atomic E-state index is 0.0287. The zero-order valence-electron chi connectivity index (χ0n) is 16.4. The maximum absolute atomic E-state index is 14.2. The van der Waals surface area contributed by atoms with Gasteiger partial charge in [-0.2, -0.15) is 0 Å². The molecule has 0 aliphatic carbocycles. The van der Waals surface area contributed by atoms with E-state index in [1.54, 1.807) is 29.3 Å². The van der Waals surface area contributed by atoms with E-state index in [0.29, 0.717) is 36.6 Å². The fraction of sp³-hybridized carbons (Fsp3) is 0.227. The maximum atomic E-state index is 14.2. The second-order valence-electron chi connectivity index (χ2n) is 7.43. The van der Waals surface area contributed by atoms with Gasteiger partial charge in [-0.25, -0.2) is 18.6 Å². The van der Waals surface area contributed by atoms with Gasteiger partial charge in [0, 0.05) is 24.8 Å². The number of carbonyl (C=O) groups is 1. The third-order valence-corrected chi connectivity index (χ3v) is 5.45. The van der Waals surface area contributed by atoms with Crippen molar-refractivity contribution in [2.75, 3.05) is 6.54 Å². The second kappa shape index (κ2) is 7.50. The molecule has 158 valence electrons. The van der Waals surface area contributed by atoms with Gasteiger partial charge in [0.2, 0.25) is 5.91 Å². The van der Waals surface area contributed by atoms with Crippen molar-refractivity contribution in [3.8, 4) is 11.3 Å². The molecule has 0 saturated heterocycles. The zero-order chi connectivity index (χ0) is 21.5. The molecule has 4 aromatic rings. The van der Waals surface area contributed by atoms with Crippen LogP contribution in [0.15, 0.2) is 57.9 Å². The topological polar surface area (TPSA) is 73.3 Å². The van der Waals surface area contributed by atoms with Crippen molar-refractivity contribution in [2.45, 2.75) is 26.1 Å². The quantitative estimate of drug-likeness (QED) is 0.507. The SMILES string of the molecule is O=C(Cn1c(=O)oc2cccc(F)c21)N1CCCn2cc(-c3ccccc3F)nc2C1. The molecule has 0 spiro atoms. The van der Waals surface area contributed by atoms with Gasteiger partial charge in [-0.15, -0.1) is 0 Å². The van der Waals surface area contributed by atoms with E-state index >= 15 is 0 Å². The van der Waals surface area contributed by atoms with Crippen LogP contribution in [0.25, 0.3) is 22.4 Å². The Morgan fingerprint density at radius 2 is 1.87 bits per heavy atom. The number of hydrogen-bond donors (Lipinski definition) is 0. The lowest BCUT2D eigenvalue weighted by atomic mass is 10.1. The second-order valence-corrected chi connectivity index (χ2v) is 7.43. The van der Waals surface area contributed by atoms with Crippen LogP contribution < -0.4 is 5.76 Å². The molecule has 3 heterocycles. The number of halogens is 2. The Morgan fingerprint density at radius 3 is 2.71 bits per heavy atom. The standard InChI is InChI=1S/C22H18F2N4O3/c23-15-6-2-1-5-14(15)17-11-26-9-4-10-27(12-19(26)25-17)20(29)13-28-21-16(24)7-3-8-18(21)31-22(28)30/h1-3,5-8,11H,4,9-10,12-13H2. The van der Waals surface area contributed by atoms with Crippen molar-refractivity contribution in [3.05, 3.63) is 76.7 Å². The van der Waals surface area contributed by atoms with Crippen molar-refractivity contribution >= 4 is 17.0 Å². The highest BCUT2D eigenvalue weighted by atomic mass is 19.1. The van der Waals surface area contributed by atoms with Gasteiger partial charge in [0.15, 0.2) is 11.4 Å². The highest BCUT2D eigenvalue weighted by molar-refractivity contribution is 5.80. The molecule has 5 rings (SSSR count). The lowest BCUT2D eigenvalue weighted by molar-refractivity contribution is -0.132. The van der Waals surface area contributed by atoms with Gasteiger partial charge >= 0.3 is 5.76 Å². The van der Waals surface area contributed by atoms with E-state index in [9.17, 15) is 18.4 Å². The highest BCUT2D eigenvalue weighted by Crippen LogP contribution is 2.24. The summed E-state index contributed by atoms with van der Waals surface area (Å²) < 4.78 is 36.3. The Kier molecular flexibility index (Phi) is 4.65. The first kappa shape index (κ1) is 19.2. The predicted octanol–water partition coefficient (Wildman–Crippen LogP) is 3.17. The first-order valence-corrected chi connectivity index (χ1v) is 9.88. The van der Waals surface area contributed by atoms with E-state index in [4.69, 9.17) is 4.42 Å².